The second-order valence-corrected chi connectivity index (χ2v) is 10.6. The molecule has 4 nitrogen and oxygen atoms in total. The van der Waals surface area contributed by atoms with Gasteiger partial charge in [-0.05, 0) is 65.5 Å². The molecule has 6 heteroatoms. The first-order chi connectivity index (χ1) is 15.0. The van der Waals surface area contributed by atoms with E-state index >= 15 is 0 Å². The average molecular weight is 451 g/mol. The van der Waals surface area contributed by atoms with Gasteiger partial charge in [-0.3, -0.25) is 4.79 Å². The summed E-state index contributed by atoms with van der Waals surface area (Å²) in [7, 11) is 0. The van der Waals surface area contributed by atoms with Gasteiger partial charge in [-0.15, -0.1) is 11.3 Å². The Morgan fingerprint density at radius 2 is 2.03 bits per heavy atom. The number of carbonyl (C=O) groups excluding carboxylic acids is 1. The number of fused-ring (bicyclic) bond motifs is 2. The summed E-state index contributed by atoms with van der Waals surface area (Å²) in [5.41, 5.74) is 6.33. The maximum Gasteiger partial charge on any atom is 0.273 e. The minimum absolute atomic E-state index is 0.0713. The predicted molar refractivity (Wildman–Crippen MR) is 123 cm³/mol. The molecule has 0 unspecified atom stereocenters. The molecule has 2 fully saturated rings. The number of carbonyl (C=O) groups is 1. The molecule has 2 heterocycles. The Balaban J connectivity index is 1.32. The summed E-state index contributed by atoms with van der Waals surface area (Å²) in [5, 5.41) is 12.7. The van der Waals surface area contributed by atoms with Gasteiger partial charge in [0.2, 0.25) is 0 Å². The smallest absolute Gasteiger partial charge is 0.273 e. The number of amides is 1. The Kier molecular flexibility index (Phi) is 4.50. The topological polar surface area (TPSA) is 53.4 Å². The van der Waals surface area contributed by atoms with Crippen molar-refractivity contribution in [2.24, 2.45) is 0 Å². The third kappa shape index (κ3) is 3.22. The fourth-order valence-electron chi connectivity index (χ4n) is 5.53. The van der Waals surface area contributed by atoms with E-state index < -0.39 is 6.10 Å². The van der Waals surface area contributed by atoms with Gasteiger partial charge >= 0.3 is 0 Å². The molecule has 2 aliphatic carbocycles. The van der Waals surface area contributed by atoms with E-state index in [0.29, 0.717) is 35.6 Å². The highest BCUT2D eigenvalue weighted by atomic mass is 35.5. The minimum Gasteiger partial charge on any atom is -0.388 e. The van der Waals surface area contributed by atoms with Crippen molar-refractivity contribution in [1.29, 1.82) is 0 Å². The molecule has 1 saturated carbocycles. The second-order valence-electron chi connectivity index (χ2n) is 9.13. The Morgan fingerprint density at radius 1 is 1.19 bits per heavy atom. The van der Waals surface area contributed by atoms with Crippen LogP contribution in [0.2, 0.25) is 4.47 Å². The highest BCUT2D eigenvalue weighted by Gasteiger charge is 2.49. The molecule has 1 spiro atoms. The summed E-state index contributed by atoms with van der Waals surface area (Å²) in [6, 6.07) is 15.2. The summed E-state index contributed by atoms with van der Waals surface area (Å²) in [5.74, 6) is 0.604. The van der Waals surface area contributed by atoms with Gasteiger partial charge in [0.25, 0.3) is 5.91 Å². The Bertz CT molecular complexity index is 1190. The van der Waals surface area contributed by atoms with Crippen LogP contribution in [0.1, 0.15) is 64.9 Å². The van der Waals surface area contributed by atoms with Gasteiger partial charge in [0.05, 0.1) is 6.10 Å². The fraction of sp³-hybridized carbons (Fsp3) is 0.360. The van der Waals surface area contributed by atoms with E-state index in [2.05, 4.69) is 47.4 Å². The first kappa shape index (κ1) is 19.5. The standard InChI is InChI=1S/C25H23ClN2O2S/c26-24-27-21(13-31-24)23(30)28-10-9-25(14-28)12-22(29)19-11-16(7-8-20(19)25)18-4-2-1-3-17(18)15-5-6-15/h1-4,7-8,11,13,15,22,29H,5-6,9-10,12,14H2/t22-,25+/m1/s1. The van der Waals surface area contributed by atoms with Crippen molar-refractivity contribution in [2.45, 2.75) is 43.1 Å². The molecule has 6 rings (SSSR count). The lowest BCUT2D eigenvalue weighted by atomic mass is 9.80. The minimum atomic E-state index is -0.494. The SMILES string of the molecule is O=C(c1csc(Cl)n1)N1CC[C@]2(C[C@@H](O)c3cc(-c4ccccc4C4CC4)ccc32)C1. The molecule has 2 atom stereocenters. The molecule has 1 N–H and O–H groups in total. The van der Waals surface area contributed by atoms with Crippen LogP contribution in [0.25, 0.3) is 11.1 Å². The van der Waals surface area contributed by atoms with Crippen LogP contribution in [0.3, 0.4) is 0 Å². The number of nitrogens with zero attached hydrogens (tertiary/aromatic N) is 2. The molecule has 0 radical (unpaired) electrons. The zero-order valence-electron chi connectivity index (χ0n) is 17.1. The number of hydrogen-bond acceptors (Lipinski definition) is 4. The van der Waals surface area contributed by atoms with E-state index in [4.69, 9.17) is 11.6 Å². The van der Waals surface area contributed by atoms with E-state index in [1.807, 2.05) is 4.90 Å². The van der Waals surface area contributed by atoms with Gasteiger partial charge < -0.3 is 10.0 Å². The first-order valence-electron chi connectivity index (χ1n) is 10.9. The number of likely N-dealkylation sites (tertiary alicyclic amines) is 1. The summed E-state index contributed by atoms with van der Waals surface area (Å²) in [6.45, 7) is 1.29. The van der Waals surface area contributed by atoms with E-state index in [1.165, 1.54) is 46.4 Å². The van der Waals surface area contributed by atoms with Crippen molar-refractivity contribution in [3.63, 3.8) is 0 Å². The first-order valence-corrected chi connectivity index (χ1v) is 12.1. The zero-order chi connectivity index (χ0) is 21.2. The van der Waals surface area contributed by atoms with Crippen molar-refractivity contribution in [3.8, 4) is 11.1 Å². The molecular formula is C25H23ClN2O2S. The second kappa shape index (κ2) is 7.16. The number of aliphatic hydroxyl groups is 1. The van der Waals surface area contributed by atoms with Crippen LogP contribution in [0.4, 0.5) is 0 Å². The Morgan fingerprint density at radius 3 is 2.81 bits per heavy atom. The van der Waals surface area contributed by atoms with Crippen LogP contribution < -0.4 is 0 Å². The van der Waals surface area contributed by atoms with Crippen LogP contribution in [0, 0.1) is 0 Å². The van der Waals surface area contributed by atoms with E-state index in [9.17, 15) is 9.90 Å². The van der Waals surface area contributed by atoms with Gasteiger partial charge in [-0.25, -0.2) is 4.98 Å². The van der Waals surface area contributed by atoms with Crippen LogP contribution in [-0.2, 0) is 5.41 Å². The van der Waals surface area contributed by atoms with E-state index in [-0.39, 0.29) is 11.3 Å². The van der Waals surface area contributed by atoms with Crippen LogP contribution in [0.5, 0.6) is 0 Å². The summed E-state index contributed by atoms with van der Waals surface area (Å²) in [4.78, 5) is 18.9. The molecule has 1 aromatic heterocycles. The van der Waals surface area contributed by atoms with Gasteiger partial charge in [0.15, 0.2) is 4.47 Å². The van der Waals surface area contributed by atoms with E-state index in [0.717, 1.165) is 12.0 Å². The van der Waals surface area contributed by atoms with Crippen LogP contribution in [0.15, 0.2) is 47.8 Å². The van der Waals surface area contributed by atoms with Crippen molar-refractivity contribution < 1.29 is 9.90 Å². The molecule has 1 saturated heterocycles. The van der Waals surface area contributed by atoms with Crippen LogP contribution >= 0.6 is 22.9 Å². The molecule has 3 aromatic rings. The van der Waals surface area contributed by atoms with Gasteiger partial charge in [-0.1, -0.05) is 48.0 Å². The lowest BCUT2D eigenvalue weighted by molar-refractivity contribution is 0.0771. The summed E-state index contributed by atoms with van der Waals surface area (Å²) >= 11 is 7.20. The lowest BCUT2D eigenvalue weighted by Crippen LogP contribution is -2.33. The number of thiazole rings is 1. The van der Waals surface area contributed by atoms with Crippen molar-refractivity contribution in [2.75, 3.05) is 13.1 Å². The molecule has 158 valence electrons. The molecule has 1 aliphatic heterocycles. The zero-order valence-corrected chi connectivity index (χ0v) is 18.6. The van der Waals surface area contributed by atoms with Gasteiger partial charge in [-0.2, -0.15) is 0 Å². The lowest BCUT2D eigenvalue weighted by Gasteiger charge is -2.25. The summed E-state index contributed by atoms with van der Waals surface area (Å²) < 4.78 is 0.387. The normalized spacial score (nSPS) is 24.7. The number of hydrogen-bond donors (Lipinski definition) is 1. The highest BCUT2D eigenvalue weighted by molar-refractivity contribution is 7.14. The van der Waals surface area contributed by atoms with Crippen molar-refractivity contribution in [1.82, 2.24) is 9.88 Å². The number of benzene rings is 2. The summed E-state index contributed by atoms with van der Waals surface area (Å²) in [6.07, 6.45) is 3.56. The monoisotopic (exact) mass is 450 g/mol. The molecule has 3 aliphatic rings. The number of aliphatic hydroxyl groups excluding tert-OH is 1. The maximum absolute atomic E-state index is 12.9. The largest absolute Gasteiger partial charge is 0.388 e. The van der Waals surface area contributed by atoms with Crippen molar-refractivity contribution in [3.05, 3.63) is 74.7 Å². The third-order valence-corrected chi connectivity index (χ3v) is 8.17. The van der Waals surface area contributed by atoms with E-state index in [1.54, 1.807) is 5.38 Å². The van der Waals surface area contributed by atoms with Crippen LogP contribution in [-0.4, -0.2) is 34.0 Å². The Labute approximate surface area is 190 Å². The van der Waals surface area contributed by atoms with Gasteiger partial charge in [0.1, 0.15) is 5.69 Å². The molecular weight excluding hydrogens is 428 g/mol. The Hall–Kier alpha value is -2.21. The molecule has 0 bridgehead atoms. The highest BCUT2D eigenvalue weighted by Crippen LogP contribution is 2.52. The predicted octanol–water partition coefficient (Wildman–Crippen LogP) is 5.56. The average Bonchev–Trinajstić information content (AvgIpc) is 3.31. The quantitative estimate of drug-likeness (QED) is 0.568. The number of aromatic nitrogens is 1. The van der Waals surface area contributed by atoms with Crippen molar-refractivity contribution >= 4 is 28.8 Å². The number of rotatable bonds is 3. The fourth-order valence-corrected chi connectivity index (χ4v) is 6.27. The third-order valence-electron chi connectivity index (χ3n) is 7.19. The molecule has 2 aromatic carbocycles. The molecule has 1 amide bonds. The van der Waals surface area contributed by atoms with Gasteiger partial charge in [0, 0.05) is 23.9 Å². The number of halogens is 1. The maximum atomic E-state index is 12.9. The molecule has 31 heavy (non-hydrogen) atoms.